The highest BCUT2D eigenvalue weighted by Crippen LogP contribution is 2.43. The molecule has 0 spiro atoms. The predicted molar refractivity (Wildman–Crippen MR) is 133 cm³/mol. The van der Waals surface area contributed by atoms with Crippen molar-refractivity contribution in [3.63, 3.8) is 0 Å². The number of carbonyl (C=O) groups excluding carboxylic acids is 1. The number of ketones is 1. The van der Waals surface area contributed by atoms with Crippen molar-refractivity contribution < 1.29 is 4.79 Å². The molecule has 1 aliphatic rings. The van der Waals surface area contributed by atoms with E-state index in [1.807, 2.05) is 96.5 Å². The standard InChI is InChI=1S/C27H19ClN4O/c1-31(2)18-10-7-16(8-11-18)25-24-26(19-5-3-4-6-20(19)27(24)33)32(30-25)23-13-14-29-22-15-17(28)9-12-21(22)23/h3-15H,1-2H3. The van der Waals surface area contributed by atoms with Gasteiger partial charge in [-0.25, -0.2) is 4.68 Å². The SMILES string of the molecule is CN(C)c1ccc(-c2nn(-c3ccnc4cc(Cl)ccc34)c3c2C(=O)c2ccccc2-3)cc1. The lowest BCUT2D eigenvalue weighted by atomic mass is 10.0. The summed E-state index contributed by atoms with van der Waals surface area (Å²) in [6.07, 6.45) is 1.75. The Morgan fingerprint density at radius 1 is 0.909 bits per heavy atom. The van der Waals surface area contributed by atoms with Gasteiger partial charge in [-0.05, 0) is 36.4 Å². The number of rotatable bonds is 3. The van der Waals surface area contributed by atoms with E-state index in [0.29, 0.717) is 21.8 Å². The molecule has 0 N–H and O–H groups in total. The van der Waals surface area contributed by atoms with Crippen LogP contribution in [0.15, 0.2) is 79.0 Å². The zero-order valence-electron chi connectivity index (χ0n) is 18.1. The van der Waals surface area contributed by atoms with E-state index in [1.54, 1.807) is 6.20 Å². The summed E-state index contributed by atoms with van der Waals surface area (Å²) >= 11 is 6.21. The first-order valence-corrected chi connectivity index (χ1v) is 11.0. The quantitative estimate of drug-likeness (QED) is 0.331. The lowest BCUT2D eigenvalue weighted by Crippen LogP contribution is -2.08. The van der Waals surface area contributed by atoms with Crippen LogP contribution in [0.4, 0.5) is 5.69 Å². The van der Waals surface area contributed by atoms with E-state index in [0.717, 1.165) is 39.1 Å². The minimum Gasteiger partial charge on any atom is -0.378 e. The van der Waals surface area contributed by atoms with Gasteiger partial charge >= 0.3 is 0 Å². The largest absolute Gasteiger partial charge is 0.378 e. The van der Waals surface area contributed by atoms with Crippen LogP contribution in [0.3, 0.4) is 0 Å². The van der Waals surface area contributed by atoms with Crippen LogP contribution < -0.4 is 4.90 Å². The lowest BCUT2D eigenvalue weighted by molar-refractivity contribution is 0.104. The zero-order chi connectivity index (χ0) is 22.7. The van der Waals surface area contributed by atoms with Gasteiger partial charge in [0.2, 0.25) is 0 Å². The first-order valence-electron chi connectivity index (χ1n) is 10.6. The highest BCUT2D eigenvalue weighted by atomic mass is 35.5. The number of aromatic nitrogens is 3. The second-order valence-electron chi connectivity index (χ2n) is 8.29. The highest BCUT2D eigenvalue weighted by molar-refractivity contribution is 6.31. The van der Waals surface area contributed by atoms with Crippen LogP contribution in [0, 0.1) is 0 Å². The zero-order valence-corrected chi connectivity index (χ0v) is 18.8. The van der Waals surface area contributed by atoms with E-state index >= 15 is 0 Å². The van der Waals surface area contributed by atoms with Crippen molar-refractivity contribution in [1.29, 1.82) is 0 Å². The Morgan fingerprint density at radius 2 is 1.67 bits per heavy atom. The Balaban J connectivity index is 1.65. The number of benzene rings is 3. The van der Waals surface area contributed by atoms with Crippen molar-refractivity contribution >= 4 is 34.0 Å². The molecule has 33 heavy (non-hydrogen) atoms. The van der Waals surface area contributed by atoms with Crippen LogP contribution in [0.5, 0.6) is 0 Å². The third-order valence-corrected chi connectivity index (χ3v) is 6.34. The summed E-state index contributed by atoms with van der Waals surface area (Å²) in [5, 5.41) is 6.53. The first-order chi connectivity index (χ1) is 16.0. The molecule has 2 aromatic heterocycles. The van der Waals surface area contributed by atoms with Crippen molar-refractivity contribution in [2.45, 2.75) is 0 Å². The molecule has 5 nitrogen and oxygen atoms in total. The summed E-state index contributed by atoms with van der Waals surface area (Å²) < 4.78 is 1.88. The van der Waals surface area contributed by atoms with Crippen molar-refractivity contribution in [1.82, 2.24) is 14.8 Å². The molecule has 0 aliphatic heterocycles. The lowest BCUT2D eigenvalue weighted by Gasteiger charge is -2.12. The minimum atomic E-state index is -0.0000535. The normalized spacial score (nSPS) is 12.2. The molecule has 0 saturated carbocycles. The number of pyridine rings is 1. The number of hydrogen-bond donors (Lipinski definition) is 0. The molecule has 0 bridgehead atoms. The second kappa shape index (κ2) is 7.29. The van der Waals surface area contributed by atoms with Crippen LogP contribution in [0.1, 0.15) is 15.9 Å². The van der Waals surface area contributed by atoms with Gasteiger partial charge in [-0.2, -0.15) is 5.10 Å². The van der Waals surface area contributed by atoms with Crippen LogP contribution in [0.25, 0.3) is 39.1 Å². The summed E-state index contributed by atoms with van der Waals surface area (Å²) in [6, 6.07) is 23.4. The van der Waals surface area contributed by atoms with Crippen molar-refractivity contribution in [2.75, 3.05) is 19.0 Å². The molecule has 0 fully saturated rings. The molecule has 160 valence electrons. The Morgan fingerprint density at radius 3 is 2.42 bits per heavy atom. The average molecular weight is 451 g/mol. The Bertz CT molecular complexity index is 1570. The fourth-order valence-electron chi connectivity index (χ4n) is 4.49. The topological polar surface area (TPSA) is 51.0 Å². The Kier molecular flexibility index (Phi) is 4.35. The summed E-state index contributed by atoms with van der Waals surface area (Å²) in [4.78, 5) is 20.0. The molecule has 0 atom stereocenters. The van der Waals surface area contributed by atoms with Crippen LogP contribution in [-0.4, -0.2) is 34.6 Å². The molecular weight excluding hydrogens is 432 g/mol. The first kappa shape index (κ1) is 19.7. The number of halogens is 1. The van der Waals surface area contributed by atoms with E-state index in [1.165, 1.54) is 0 Å². The van der Waals surface area contributed by atoms with E-state index in [9.17, 15) is 4.79 Å². The van der Waals surface area contributed by atoms with Crippen molar-refractivity contribution in [2.24, 2.45) is 0 Å². The molecule has 1 aliphatic carbocycles. The van der Waals surface area contributed by atoms with E-state index < -0.39 is 0 Å². The fourth-order valence-corrected chi connectivity index (χ4v) is 4.66. The average Bonchev–Trinajstić information content (AvgIpc) is 3.36. The Hall–Kier alpha value is -3.96. The monoisotopic (exact) mass is 450 g/mol. The minimum absolute atomic E-state index is 0.0000535. The third-order valence-electron chi connectivity index (χ3n) is 6.11. The molecule has 6 heteroatoms. The van der Waals surface area contributed by atoms with Gasteiger partial charge in [-0.15, -0.1) is 0 Å². The maximum absolute atomic E-state index is 13.5. The second-order valence-corrected chi connectivity index (χ2v) is 8.73. The summed E-state index contributed by atoms with van der Waals surface area (Å²) in [5.74, 6) is -0.0000535. The third kappa shape index (κ3) is 2.97. The molecule has 5 aromatic rings. The van der Waals surface area contributed by atoms with E-state index in [-0.39, 0.29) is 5.78 Å². The fraction of sp³-hybridized carbons (Fsp3) is 0.0741. The number of carbonyl (C=O) groups is 1. The molecule has 0 unspecified atom stereocenters. The van der Waals surface area contributed by atoms with Gasteiger partial charge in [0.05, 0.1) is 22.5 Å². The van der Waals surface area contributed by atoms with Crippen LogP contribution >= 0.6 is 11.6 Å². The van der Waals surface area contributed by atoms with Gasteiger partial charge in [0.25, 0.3) is 0 Å². The molecule has 3 aromatic carbocycles. The van der Waals surface area contributed by atoms with E-state index in [4.69, 9.17) is 16.7 Å². The van der Waals surface area contributed by atoms with Gasteiger partial charge < -0.3 is 4.90 Å². The van der Waals surface area contributed by atoms with Gasteiger partial charge in [0.1, 0.15) is 5.69 Å². The van der Waals surface area contributed by atoms with Gasteiger partial charge in [-0.3, -0.25) is 9.78 Å². The van der Waals surface area contributed by atoms with Gasteiger partial charge in [0, 0.05) is 53.1 Å². The summed E-state index contributed by atoms with van der Waals surface area (Å²) in [7, 11) is 4.00. The summed E-state index contributed by atoms with van der Waals surface area (Å²) in [5.41, 5.74) is 7.33. The van der Waals surface area contributed by atoms with Gasteiger partial charge in [-0.1, -0.05) is 48.0 Å². The van der Waals surface area contributed by atoms with E-state index in [2.05, 4.69) is 4.98 Å². The smallest absolute Gasteiger partial charge is 0.198 e. The predicted octanol–water partition coefficient (Wildman–Crippen LogP) is 6.02. The number of nitrogens with zero attached hydrogens (tertiary/aromatic N) is 4. The summed E-state index contributed by atoms with van der Waals surface area (Å²) in [6.45, 7) is 0. The Labute approximate surface area is 195 Å². The van der Waals surface area contributed by atoms with Crippen molar-refractivity contribution in [3.8, 4) is 28.2 Å². The maximum Gasteiger partial charge on any atom is 0.198 e. The molecule has 6 rings (SSSR count). The van der Waals surface area contributed by atoms with Crippen molar-refractivity contribution in [3.05, 3.63) is 95.1 Å². The van der Waals surface area contributed by atoms with Crippen LogP contribution in [0.2, 0.25) is 5.02 Å². The molecule has 2 heterocycles. The highest BCUT2D eigenvalue weighted by Gasteiger charge is 2.35. The van der Waals surface area contributed by atoms with Crippen LogP contribution in [-0.2, 0) is 0 Å². The number of hydrogen-bond acceptors (Lipinski definition) is 4. The number of anilines is 1. The maximum atomic E-state index is 13.5. The molecule has 0 saturated heterocycles. The molecule has 0 radical (unpaired) electrons. The molecule has 0 amide bonds. The molecular formula is C27H19ClN4O. The van der Waals surface area contributed by atoms with Gasteiger partial charge in [0.15, 0.2) is 5.78 Å². The number of fused-ring (bicyclic) bond motifs is 4.